The van der Waals surface area contributed by atoms with E-state index in [1.54, 1.807) is 54.6 Å². The van der Waals surface area contributed by atoms with Crippen molar-refractivity contribution in [3.8, 4) is 5.75 Å². The number of likely N-dealkylation sites (tertiary alicyclic amines) is 1. The maximum absolute atomic E-state index is 14.9. The van der Waals surface area contributed by atoms with Gasteiger partial charge in [0.1, 0.15) is 48.0 Å². The van der Waals surface area contributed by atoms with Gasteiger partial charge in [-0.2, -0.15) is 0 Å². The highest BCUT2D eigenvalue weighted by Crippen LogP contribution is 2.44. The van der Waals surface area contributed by atoms with Gasteiger partial charge in [0.2, 0.25) is 65.0 Å². The van der Waals surface area contributed by atoms with E-state index in [-0.39, 0.29) is 63.3 Å². The summed E-state index contributed by atoms with van der Waals surface area (Å²) >= 11 is 0. The third-order valence-electron chi connectivity index (χ3n) is 13.2. The predicted molar refractivity (Wildman–Crippen MR) is 295 cm³/mol. The van der Waals surface area contributed by atoms with Gasteiger partial charge >= 0.3 is 0 Å². The maximum atomic E-state index is 14.9. The molecule has 2 aliphatic rings. The summed E-state index contributed by atoms with van der Waals surface area (Å²) in [6.07, 6.45) is -0.418. The second-order valence-corrected chi connectivity index (χ2v) is 21.9. The van der Waals surface area contributed by atoms with Crippen LogP contribution in [0.1, 0.15) is 89.2 Å². The Morgan fingerprint density at radius 3 is 1.95 bits per heavy atom. The first-order chi connectivity index (χ1) is 37.6. The van der Waals surface area contributed by atoms with Crippen molar-refractivity contribution in [2.24, 2.45) is 33.7 Å². The monoisotopic (exact) mass is 1140 g/mol. The van der Waals surface area contributed by atoms with Crippen LogP contribution >= 0.6 is 21.6 Å². The van der Waals surface area contributed by atoms with Gasteiger partial charge in [-0.05, 0) is 68.2 Å². The first-order valence-electron chi connectivity index (χ1n) is 25.8. The molecule has 0 unspecified atom stereocenters. The summed E-state index contributed by atoms with van der Waals surface area (Å²) < 4.78 is 4.48. The molecule has 0 saturated carbocycles. The van der Waals surface area contributed by atoms with E-state index in [9.17, 15) is 52.7 Å². The average molecular weight is 1140 g/mol. The summed E-state index contributed by atoms with van der Waals surface area (Å²) in [5.74, 6) is -9.10. The number of nitrogens with zero attached hydrogens (tertiary/aromatic N) is 2. The Morgan fingerprint density at radius 1 is 0.759 bits per heavy atom. The van der Waals surface area contributed by atoms with Gasteiger partial charge < -0.3 is 75.5 Å². The predicted octanol–water partition coefficient (Wildman–Crippen LogP) is -2.48. The first-order valence-corrected chi connectivity index (χ1v) is 28.2. The van der Waals surface area contributed by atoms with Crippen LogP contribution in [-0.2, 0) is 65.6 Å². The van der Waals surface area contributed by atoms with Gasteiger partial charge in [0.05, 0.1) is 20.1 Å². The van der Waals surface area contributed by atoms with Gasteiger partial charge in [0.25, 0.3) is 0 Å². The molecule has 7 atom stereocenters. The van der Waals surface area contributed by atoms with E-state index < -0.39 is 138 Å². The number of methoxy groups -OCH3 is 1. The Hall–Kier alpha value is -7.62. The van der Waals surface area contributed by atoms with Gasteiger partial charge in [-0.15, -0.1) is 0 Å². The fraction of sp³-hybridized carbons (Fsp3) is 0.529. The maximum Gasteiger partial charge on any atom is 0.246 e. The van der Waals surface area contributed by atoms with E-state index in [0.29, 0.717) is 36.1 Å². The second kappa shape index (κ2) is 31.7. The molecule has 28 heteroatoms. The minimum Gasteiger partial charge on any atom is -0.497 e. The zero-order valence-corrected chi connectivity index (χ0v) is 46.2. The van der Waals surface area contributed by atoms with E-state index >= 15 is 0 Å². The summed E-state index contributed by atoms with van der Waals surface area (Å²) in [4.78, 5) is 156. The normalized spacial score (nSPS) is 21.8. The van der Waals surface area contributed by atoms with E-state index in [1.807, 2.05) is 13.8 Å². The minimum absolute atomic E-state index is 0.0137. The van der Waals surface area contributed by atoms with Crippen molar-refractivity contribution in [2.45, 2.75) is 138 Å². The van der Waals surface area contributed by atoms with Gasteiger partial charge in [0.15, 0.2) is 5.96 Å². The summed E-state index contributed by atoms with van der Waals surface area (Å²) in [7, 11) is 3.89. The van der Waals surface area contributed by atoms with Gasteiger partial charge in [-0.25, -0.2) is 0 Å². The molecule has 2 aromatic rings. The molecule has 26 nitrogen and oxygen atoms in total. The number of primary amides is 3. The number of nitrogens with two attached hydrogens (primary N) is 5. The topological polar surface area (TPSA) is 427 Å². The lowest BCUT2D eigenvalue weighted by Crippen LogP contribution is -2.61. The Bertz CT molecular complexity index is 2520. The van der Waals surface area contributed by atoms with Crippen LogP contribution in [0.3, 0.4) is 0 Å². The Kier molecular flexibility index (Phi) is 25.6. The van der Waals surface area contributed by atoms with Crippen LogP contribution in [0.25, 0.3) is 0 Å². The van der Waals surface area contributed by atoms with Crippen LogP contribution in [0.2, 0.25) is 0 Å². The van der Waals surface area contributed by atoms with E-state index in [0.717, 1.165) is 10.8 Å². The quantitative estimate of drug-likeness (QED) is 0.0251. The van der Waals surface area contributed by atoms with Crippen molar-refractivity contribution in [1.29, 1.82) is 0 Å². The van der Waals surface area contributed by atoms with Crippen LogP contribution in [0.4, 0.5) is 0 Å². The highest BCUT2D eigenvalue weighted by atomic mass is 33.1. The summed E-state index contributed by atoms with van der Waals surface area (Å²) in [5, 5.41) is 18.4. The largest absolute Gasteiger partial charge is 0.497 e. The number of guanidine groups is 1. The number of nitrogens with one attached hydrogen (secondary N) is 7. The number of amides is 11. The molecule has 0 aromatic heterocycles. The molecular formula is C51H74N14O12S2. The highest BCUT2D eigenvalue weighted by molar-refractivity contribution is 8.77. The van der Waals surface area contributed by atoms with Crippen molar-refractivity contribution in [3.63, 3.8) is 0 Å². The summed E-state index contributed by atoms with van der Waals surface area (Å²) in [5.41, 5.74) is 28.5. The highest BCUT2D eigenvalue weighted by Gasteiger charge is 2.41. The zero-order valence-electron chi connectivity index (χ0n) is 44.5. The molecular weight excluding hydrogens is 1060 g/mol. The number of carbonyl (C=O) groups is 11. The van der Waals surface area contributed by atoms with Crippen LogP contribution in [-0.4, -0.2) is 155 Å². The molecule has 0 radical (unpaired) electrons. The zero-order chi connectivity index (χ0) is 58.2. The Labute approximate surface area is 465 Å². The molecule has 4 rings (SSSR count). The first kappa shape index (κ1) is 63.9. The number of hydrogen-bond acceptors (Lipinski definition) is 15. The number of aliphatic imine (C=N–C) groups is 1. The summed E-state index contributed by atoms with van der Waals surface area (Å²) in [6, 6.07) is 5.54. The van der Waals surface area contributed by atoms with Crippen molar-refractivity contribution in [1.82, 2.24) is 42.1 Å². The Balaban J connectivity index is 1.78. The molecule has 432 valence electrons. The number of benzene rings is 2. The fourth-order valence-electron chi connectivity index (χ4n) is 8.75. The molecule has 2 aromatic carbocycles. The molecule has 79 heavy (non-hydrogen) atoms. The molecule has 0 spiro atoms. The third-order valence-corrected chi connectivity index (χ3v) is 16.7. The van der Waals surface area contributed by atoms with Crippen molar-refractivity contribution >= 4 is 92.5 Å². The van der Waals surface area contributed by atoms with Gasteiger partial charge in [0, 0.05) is 49.3 Å². The molecule has 2 saturated heterocycles. The number of hydrogen-bond donors (Lipinski definition) is 12. The number of carbonyl (C=O) groups excluding carboxylic acids is 11. The average Bonchev–Trinajstić information content (AvgIpc) is 3.91. The van der Waals surface area contributed by atoms with Crippen molar-refractivity contribution < 1.29 is 57.5 Å². The molecule has 2 heterocycles. The smallest absolute Gasteiger partial charge is 0.246 e. The molecule has 0 aliphatic carbocycles. The summed E-state index contributed by atoms with van der Waals surface area (Å²) in [6.45, 7) is 3.33. The third kappa shape index (κ3) is 20.9. The van der Waals surface area contributed by atoms with E-state index in [4.69, 9.17) is 33.4 Å². The standard InChI is InChI=1S/C51H74N14O12S2/c1-4-51(5-2)26-42(69)59-34(24-30-15-17-31(77-3)18-16-30)45(72)62-35(23-29-11-7-6-8-12-29)46(73)60-33(19-20-39(52)66)44(71)63-36(25-40(53)67)47(74)64-37(28-78-79-51)49(76)65-22-10-14-38(65)48(75)61-32(13-9-21-57-50(55)56)43(70)58-27-41(54)68/h6-8,11-12,15-18,32-38H,4-5,9-10,13-14,19-28H2,1-3H3,(H2,52,66)(H2,53,67)(H2,54,68)(H,58,70)(H,59,69)(H,60,73)(H,61,75)(H,62,72)(H,63,71)(H,64,74)(H4,55,56,57)/t32-,33+,34-,35+,36+,37+,38+/m0/s1. The van der Waals surface area contributed by atoms with E-state index in [2.05, 4.69) is 42.2 Å². The lowest BCUT2D eigenvalue weighted by atomic mass is 9.96. The number of rotatable bonds is 22. The van der Waals surface area contributed by atoms with Crippen molar-refractivity contribution in [2.75, 3.05) is 32.5 Å². The van der Waals surface area contributed by atoms with Gasteiger partial charge in [-0.3, -0.25) is 57.7 Å². The lowest BCUT2D eigenvalue weighted by Gasteiger charge is -2.33. The SMILES string of the molecule is CCC1(CC)CC(=O)N[C@@H](Cc2ccc(OC)cc2)C(=O)N[C@H](Cc2ccccc2)C(=O)N[C@H](CCC(N)=O)C(=O)N[C@H](CC(N)=O)C(=O)N[C@@H](C(=O)N2CCC[C@@H]2C(=O)N[C@@H](CCCN=C(N)N)C(=O)NCC(N)=O)CSS1. The lowest BCUT2D eigenvalue weighted by molar-refractivity contribution is -0.142. The second-order valence-electron chi connectivity index (χ2n) is 19.1. The molecule has 2 fully saturated rings. The van der Waals surface area contributed by atoms with E-state index in [1.165, 1.54) is 22.8 Å². The minimum atomic E-state index is -1.78. The van der Waals surface area contributed by atoms with Crippen LogP contribution < -0.4 is 70.6 Å². The van der Waals surface area contributed by atoms with Crippen molar-refractivity contribution in [3.05, 3.63) is 65.7 Å². The molecule has 17 N–H and O–H groups in total. The van der Waals surface area contributed by atoms with Crippen LogP contribution in [0.5, 0.6) is 5.75 Å². The Morgan fingerprint density at radius 2 is 1.35 bits per heavy atom. The number of ether oxygens (including phenoxy) is 1. The molecule has 0 bridgehead atoms. The van der Waals surface area contributed by atoms with Crippen LogP contribution in [0.15, 0.2) is 59.6 Å². The molecule has 2 aliphatic heterocycles. The van der Waals surface area contributed by atoms with Crippen LogP contribution in [0, 0.1) is 0 Å². The molecule has 11 amide bonds. The van der Waals surface area contributed by atoms with Gasteiger partial charge in [-0.1, -0.05) is 77.9 Å². The fourth-order valence-corrected chi connectivity index (χ4v) is 12.1.